The zero-order valence-electron chi connectivity index (χ0n) is 14.4. The second-order valence-electron chi connectivity index (χ2n) is 6.20. The number of amides is 1. The molecule has 1 atom stereocenters. The summed E-state index contributed by atoms with van der Waals surface area (Å²) in [5, 5.41) is 11.9. The average molecular weight is 334 g/mol. The highest BCUT2D eigenvalue weighted by Crippen LogP contribution is 2.15. The van der Waals surface area contributed by atoms with E-state index < -0.39 is 12.0 Å². The Bertz CT molecular complexity index is 571. The molecule has 1 aliphatic heterocycles. The molecule has 1 amide bonds. The number of carboxylic acid groups (broad SMARTS) is 1. The summed E-state index contributed by atoms with van der Waals surface area (Å²) >= 11 is 0. The fraction of sp³-hybridized carbons (Fsp3) is 0.588. The second kappa shape index (κ2) is 8.63. The number of anilines is 1. The molecule has 1 aromatic heterocycles. The van der Waals surface area contributed by atoms with Crippen LogP contribution in [0.2, 0.25) is 0 Å². The number of nitrogens with zero attached hydrogens (tertiary/aromatic N) is 3. The molecule has 0 radical (unpaired) electrons. The lowest BCUT2D eigenvalue weighted by Gasteiger charge is -2.33. The molecule has 2 rings (SSSR count). The molecule has 2 N–H and O–H groups in total. The molecule has 0 aliphatic carbocycles. The summed E-state index contributed by atoms with van der Waals surface area (Å²) in [7, 11) is 2.08. The minimum atomic E-state index is -0.995. The van der Waals surface area contributed by atoms with Crippen molar-refractivity contribution in [2.75, 3.05) is 38.1 Å². The smallest absolute Gasteiger partial charge is 0.326 e. The van der Waals surface area contributed by atoms with Gasteiger partial charge >= 0.3 is 5.97 Å². The van der Waals surface area contributed by atoms with E-state index in [2.05, 4.69) is 27.1 Å². The molecule has 0 bridgehead atoms. The van der Waals surface area contributed by atoms with Crippen LogP contribution in [0, 0.1) is 0 Å². The second-order valence-corrected chi connectivity index (χ2v) is 6.20. The number of pyridine rings is 1. The molecule has 132 valence electrons. The number of unbranched alkanes of at least 4 members (excludes halogenated alkanes) is 1. The van der Waals surface area contributed by atoms with Crippen molar-refractivity contribution < 1.29 is 14.7 Å². The van der Waals surface area contributed by atoms with Gasteiger partial charge in [0.2, 0.25) is 0 Å². The largest absolute Gasteiger partial charge is 0.480 e. The van der Waals surface area contributed by atoms with Crippen molar-refractivity contribution in [2.24, 2.45) is 0 Å². The van der Waals surface area contributed by atoms with Crippen LogP contribution in [0.1, 0.15) is 36.5 Å². The Hall–Kier alpha value is -2.15. The number of carbonyl (C=O) groups excluding carboxylic acids is 1. The Morgan fingerprint density at radius 2 is 2.04 bits per heavy atom. The van der Waals surface area contributed by atoms with E-state index in [9.17, 15) is 14.7 Å². The maximum absolute atomic E-state index is 12.4. The van der Waals surface area contributed by atoms with Crippen molar-refractivity contribution in [1.29, 1.82) is 0 Å². The minimum absolute atomic E-state index is 0.365. The summed E-state index contributed by atoms with van der Waals surface area (Å²) in [4.78, 5) is 32.4. The van der Waals surface area contributed by atoms with E-state index in [0.717, 1.165) is 44.8 Å². The maximum Gasteiger partial charge on any atom is 0.326 e. The van der Waals surface area contributed by atoms with Gasteiger partial charge in [0.15, 0.2) is 0 Å². The molecule has 24 heavy (non-hydrogen) atoms. The van der Waals surface area contributed by atoms with Crippen LogP contribution in [-0.2, 0) is 4.79 Å². The molecular weight excluding hydrogens is 308 g/mol. The number of rotatable bonds is 7. The molecule has 1 fully saturated rings. The number of hydrogen-bond acceptors (Lipinski definition) is 5. The SMILES string of the molecule is CCCCC(NC(=O)c1ccnc(N2CCN(C)CC2)c1)C(=O)O. The first kappa shape index (κ1) is 18.2. The van der Waals surface area contributed by atoms with Crippen molar-refractivity contribution in [3.63, 3.8) is 0 Å². The summed E-state index contributed by atoms with van der Waals surface area (Å²) in [6, 6.07) is 2.50. The lowest BCUT2D eigenvalue weighted by Crippen LogP contribution is -2.45. The van der Waals surface area contributed by atoms with Gasteiger partial charge in [-0.15, -0.1) is 0 Å². The highest BCUT2D eigenvalue weighted by Gasteiger charge is 2.21. The number of nitrogens with one attached hydrogen (secondary N) is 1. The zero-order chi connectivity index (χ0) is 17.5. The lowest BCUT2D eigenvalue weighted by atomic mass is 10.1. The minimum Gasteiger partial charge on any atom is -0.480 e. The first-order valence-electron chi connectivity index (χ1n) is 8.44. The van der Waals surface area contributed by atoms with Crippen LogP contribution in [0.4, 0.5) is 5.82 Å². The van der Waals surface area contributed by atoms with Crippen LogP contribution >= 0.6 is 0 Å². The fourth-order valence-electron chi connectivity index (χ4n) is 2.68. The molecule has 0 spiro atoms. The van der Waals surface area contributed by atoms with Gasteiger partial charge < -0.3 is 20.2 Å². The molecule has 0 saturated carbocycles. The number of aromatic nitrogens is 1. The molecular formula is C17H26N4O3. The fourth-order valence-corrected chi connectivity index (χ4v) is 2.68. The standard InChI is InChI=1S/C17H26N4O3/c1-3-4-5-14(17(23)24)19-16(22)13-6-7-18-15(12-13)21-10-8-20(2)9-11-21/h6-7,12,14H,3-5,8-11H2,1-2H3,(H,19,22)(H,23,24). The van der Waals surface area contributed by atoms with E-state index >= 15 is 0 Å². The number of carboxylic acids is 1. The van der Waals surface area contributed by atoms with Crippen molar-refractivity contribution in [3.05, 3.63) is 23.9 Å². The highest BCUT2D eigenvalue weighted by molar-refractivity contribution is 5.97. The van der Waals surface area contributed by atoms with Crippen LogP contribution in [0.25, 0.3) is 0 Å². The molecule has 1 saturated heterocycles. The Morgan fingerprint density at radius 3 is 2.67 bits per heavy atom. The number of piperazine rings is 1. The van der Waals surface area contributed by atoms with Crippen molar-refractivity contribution >= 4 is 17.7 Å². The van der Waals surface area contributed by atoms with Crippen LogP contribution in [0.3, 0.4) is 0 Å². The van der Waals surface area contributed by atoms with E-state index in [1.807, 2.05) is 6.92 Å². The summed E-state index contributed by atoms with van der Waals surface area (Å²) in [6.07, 6.45) is 3.70. The Kier molecular flexibility index (Phi) is 6.54. The van der Waals surface area contributed by atoms with Crippen molar-refractivity contribution in [2.45, 2.75) is 32.2 Å². The maximum atomic E-state index is 12.4. The van der Waals surface area contributed by atoms with Crippen LogP contribution < -0.4 is 10.2 Å². The predicted molar refractivity (Wildman–Crippen MR) is 92.4 cm³/mol. The quantitative estimate of drug-likeness (QED) is 0.779. The van der Waals surface area contributed by atoms with Crippen molar-refractivity contribution in [3.8, 4) is 0 Å². The molecule has 0 aromatic carbocycles. The molecule has 1 unspecified atom stereocenters. The third-order valence-electron chi connectivity index (χ3n) is 4.28. The number of hydrogen-bond donors (Lipinski definition) is 2. The monoisotopic (exact) mass is 334 g/mol. The van der Waals surface area contributed by atoms with E-state index in [0.29, 0.717) is 12.0 Å². The Balaban J connectivity index is 2.04. The van der Waals surface area contributed by atoms with Crippen LogP contribution in [0.5, 0.6) is 0 Å². The van der Waals surface area contributed by atoms with Crippen LogP contribution in [0.15, 0.2) is 18.3 Å². The molecule has 1 aliphatic rings. The Labute approximate surface area is 142 Å². The first-order chi connectivity index (χ1) is 11.5. The highest BCUT2D eigenvalue weighted by atomic mass is 16.4. The summed E-state index contributed by atoms with van der Waals surface area (Å²) in [5.74, 6) is -0.599. The third kappa shape index (κ3) is 4.92. The topological polar surface area (TPSA) is 85.8 Å². The van der Waals surface area contributed by atoms with Gasteiger partial charge in [-0.25, -0.2) is 9.78 Å². The summed E-state index contributed by atoms with van der Waals surface area (Å²) < 4.78 is 0. The number of aliphatic carboxylic acids is 1. The van der Waals surface area contributed by atoms with Gasteiger partial charge in [0, 0.05) is 37.9 Å². The average Bonchev–Trinajstić information content (AvgIpc) is 2.59. The van der Waals surface area contributed by atoms with Gasteiger partial charge in [-0.1, -0.05) is 19.8 Å². The van der Waals surface area contributed by atoms with Gasteiger partial charge in [0.1, 0.15) is 11.9 Å². The molecule has 7 nitrogen and oxygen atoms in total. The third-order valence-corrected chi connectivity index (χ3v) is 4.28. The van der Waals surface area contributed by atoms with Crippen LogP contribution in [-0.4, -0.2) is 66.1 Å². The number of carbonyl (C=O) groups is 2. The van der Waals surface area contributed by atoms with Gasteiger partial charge in [-0.05, 0) is 25.6 Å². The molecule has 7 heteroatoms. The van der Waals surface area contributed by atoms with E-state index in [4.69, 9.17) is 0 Å². The zero-order valence-corrected chi connectivity index (χ0v) is 14.4. The summed E-state index contributed by atoms with van der Waals surface area (Å²) in [6.45, 7) is 5.63. The van der Waals surface area contributed by atoms with E-state index in [1.165, 1.54) is 0 Å². The van der Waals surface area contributed by atoms with E-state index in [1.54, 1.807) is 18.3 Å². The van der Waals surface area contributed by atoms with E-state index in [-0.39, 0.29) is 5.91 Å². The van der Waals surface area contributed by atoms with Gasteiger partial charge in [-0.3, -0.25) is 4.79 Å². The Morgan fingerprint density at radius 1 is 1.33 bits per heavy atom. The molecule has 1 aromatic rings. The van der Waals surface area contributed by atoms with Gasteiger partial charge in [0.25, 0.3) is 5.91 Å². The van der Waals surface area contributed by atoms with Crippen molar-refractivity contribution in [1.82, 2.24) is 15.2 Å². The molecule has 2 heterocycles. The lowest BCUT2D eigenvalue weighted by molar-refractivity contribution is -0.139. The summed E-state index contributed by atoms with van der Waals surface area (Å²) in [5.41, 5.74) is 0.446. The van der Waals surface area contributed by atoms with Gasteiger partial charge in [0.05, 0.1) is 0 Å². The number of likely N-dealkylation sites (N-methyl/N-ethyl adjacent to an activating group) is 1. The van der Waals surface area contributed by atoms with Gasteiger partial charge in [-0.2, -0.15) is 0 Å². The predicted octanol–water partition coefficient (Wildman–Crippen LogP) is 1.21. The first-order valence-corrected chi connectivity index (χ1v) is 8.44. The normalized spacial score (nSPS) is 16.7.